The molecular formula is C21H18I2O5. The minimum Gasteiger partial charge on any atom is -0.506 e. The van der Waals surface area contributed by atoms with Crippen LogP contribution in [-0.2, 0) is 4.79 Å². The van der Waals surface area contributed by atoms with Gasteiger partial charge >= 0.3 is 5.97 Å². The summed E-state index contributed by atoms with van der Waals surface area (Å²) in [5.41, 5.74) is 0.824. The van der Waals surface area contributed by atoms with Crippen molar-refractivity contribution in [2.45, 2.75) is 26.7 Å². The zero-order chi connectivity index (χ0) is 20.4. The van der Waals surface area contributed by atoms with E-state index in [1.807, 2.05) is 59.0 Å². The van der Waals surface area contributed by atoms with Crippen LogP contribution in [0.25, 0.3) is 11.0 Å². The van der Waals surface area contributed by atoms with Crippen LogP contribution in [0.1, 0.15) is 42.8 Å². The number of furan rings is 1. The molecule has 1 aromatic heterocycles. The third kappa shape index (κ3) is 4.35. The maximum Gasteiger partial charge on any atom is 0.311 e. The van der Waals surface area contributed by atoms with E-state index in [-0.39, 0.29) is 29.6 Å². The summed E-state index contributed by atoms with van der Waals surface area (Å²) in [6, 6.07) is 10.2. The van der Waals surface area contributed by atoms with Gasteiger partial charge in [0, 0.05) is 12.0 Å². The number of aromatic hydroxyl groups is 1. The number of fused-ring (bicyclic) bond motifs is 1. The fourth-order valence-electron chi connectivity index (χ4n) is 2.68. The van der Waals surface area contributed by atoms with E-state index in [1.54, 1.807) is 36.4 Å². The van der Waals surface area contributed by atoms with Crippen molar-refractivity contribution in [1.82, 2.24) is 0 Å². The molecule has 0 saturated carbocycles. The molecule has 0 spiro atoms. The fourth-order valence-corrected chi connectivity index (χ4v) is 4.45. The highest BCUT2D eigenvalue weighted by molar-refractivity contribution is 14.1. The lowest BCUT2D eigenvalue weighted by molar-refractivity contribution is -0.135. The highest BCUT2D eigenvalue weighted by atomic mass is 127. The van der Waals surface area contributed by atoms with E-state index in [0.29, 0.717) is 23.7 Å². The van der Waals surface area contributed by atoms with Crippen molar-refractivity contribution in [2.75, 3.05) is 0 Å². The third-order valence-corrected chi connectivity index (χ3v) is 6.11. The molecule has 0 bridgehead atoms. The van der Waals surface area contributed by atoms with Crippen LogP contribution in [0.2, 0.25) is 0 Å². The minimum atomic E-state index is -0.404. The number of ketones is 1. The Bertz CT molecular complexity index is 1030. The van der Waals surface area contributed by atoms with Gasteiger partial charge in [-0.05, 0) is 75.4 Å². The molecule has 0 amide bonds. The van der Waals surface area contributed by atoms with Gasteiger partial charge in [0.2, 0.25) is 11.5 Å². The van der Waals surface area contributed by atoms with Crippen LogP contribution in [0.15, 0.2) is 40.8 Å². The normalized spacial score (nSPS) is 12.1. The summed E-state index contributed by atoms with van der Waals surface area (Å²) in [5.74, 6) is -0.362. The van der Waals surface area contributed by atoms with Crippen molar-refractivity contribution < 1.29 is 23.8 Å². The second-order valence-corrected chi connectivity index (χ2v) is 8.89. The number of ether oxygens (including phenoxy) is 1. The molecule has 0 aliphatic rings. The quantitative estimate of drug-likeness (QED) is 0.215. The van der Waals surface area contributed by atoms with E-state index in [9.17, 15) is 14.7 Å². The molecule has 3 aromatic rings. The smallest absolute Gasteiger partial charge is 0.311 e. The second kappa shape index (κ2) is 8.81. The highest BCUT2D eigenvalue weighted by Gasteiger charge is 2.26. The Hall–Kier alpha value is -1.62. The number of phenols is 1. The first-order chi connectivity index (χ1) is 13.3. The minimum absolute atomic E-state index is 0.0176. The van der Waals surface area contributed by atoms with Crippen LogP contribution in [-0.4, -0.2) is 16.9 Å². The Labute approximate surface area is 189 Å². The molecule has 0 saturated heterocycles. The number of carbonyl (C=O) groups is 2. The molecule has 0 radical (unpaired) electrons. The van der Waals surface area contributed by atoms with Gasteiger partial charge in [-0.1, -0.05) is 32.4 Å². The summed E-state index contributed by atoms with van der Waals surface area (Å²) in [6.07, 6.45) is 1.12. The number of hydrogen-bond donors (Lipinski definition) is 1. The van der Waals surface area contributed by atoms with Gasteiger partial charge in [-0.25, -0.2) is 0 Å². The average molecular weight is 604 g/mol. The molecule has 3 rings (SSSR count). The van der Waals surface area contributed by atoms with Gasteiger partial charge in [-0.3, -0.25) is 9.59 Å². The number of esters is 1. The first-order valence-corrected chi connectivity index (χ1v) is 10.9. The van der Waals surface area contributed by atoms with Crippen molar-refractivity contribution >= 4 is 67.9 Å². The van der Waals surface area contributed by atoms with Crippen molar-refractivity contribution in [2.24, 2.45) is 5.92 Å². The molecule has 1 N–H and O–H groups in total. The Morgan fingerprint density at radius 3 is 2.46 bits per heavy atom. The van der Waals surface area contributed by atoms with Crippen LogP contribution in [0.3, 0.4) is 0 Å². The van der Waals surface area contributed by atoms with Crippen molar-refractivity contribution in [3.8, 4) is 11.5 Å². The van der Waals surface area contributed by atoms with E-state index in [0.717, 1.165) is 6.42 Å². The SMILES string of the molecule is CC[C@@H](C)CC(=O)Oc1c(C(=O)c2cc(I)c(O)c(I)c2)oc2ccccc12. The molecule has 7 heteroatoms. The topological polar surface area (TPSA) is 76.7 Å². The predicted octanol–water partition coefficient (Wildman–Crippen LogP) is 5.92. The Morgan fingerprint density at radius 1 is 1.18 bits per heavy atom. The zero-order valence-electron chi connectivity index (χ0n) is 15.3. The lowest BCUT2D eigenvalue weighted by atomic mass is 10.1. The molecule has 0 aliphatic heterocycles. The van der Waals surface area contributed by atoms with E-state index in [1.165, 1.54) is 0 Å². The number of benzene rings is 2. The molecule has 28 heavy (non-hydrogen) atoms. The maximum absolute atomic E-state index is 13.1. The second-order valence-electron chi connectivity index (χ2n) is 6.57. The van der Waals surface area contributed by atoms with Gasteiger partial charge in [0.25, 0.3) is 0 Å². The number of phenolic OH excluding ortho intramolecular Hbond substituents is 1. The third-order valence-electron chi connectivity index (χ3n) is 4.46. The molecule has 0 fully saturated rings. The van der Waals surface area contributed by atoms with E-state index in [2.05, 4.69) is 0 Å². The molecule has 1 atom stereocenters. The number of hydrogen-bond acceptors (Lipinski definition) is 5. The van der Waals surface area contributed by atoms with E-state index < -0.39 is 11.8 Å². The van der Waals surface area contributed by atoms with Crippen LogP contribution >= 0.6 is 45.2 Å². The van der Waals surface area contributed by atoms with Gasteiger partial charge in [0.15, 0.2) is 5.75 Å². The molecule has 146 valence electrons. The van der Waals surface area contributed by atoms with E-state index in [4.69, 9.17) is 9.15 Å². The summed E-state index contributed by atoms with van der Waals surface area (Å²) in [7, 11) is 0. The first kappa shape index (κ1) is 21.1. The molecule has 1 heterocycles. The summed E-state index contributed by atoms with van der Waals surface area (Å²) in [6.45, 7) is 3.98. The number of carbonyl (C=O) groups excluding carboxylic acids is 2. The van der Waals surface area contributed by atoms with Crippen molar-refractivity contribution in [1.29, 1.82) is 0 Å². The van der Waals surface area contributed by atoms with Crippen molar-refractivity contribution in [3.63, 3.8) is 0 Å². The van der Waals surface area contributed by atoms with Gasteiger partial charge in [0.1, 0.15) is 11.3 Å². The number of rotatable bonds is 6. The molecule has 5 nitrogen and oxygen atoms in total. The van der Waals surface area contributed by atoms with Gasteiger partial charge in [0.05, 0.1) is 12.5 Å². The number of para-hydroxylation sites is 1. The van der Waals surface area contributed by atoms with E-state index >= 15 is 0 Å². The fraction of sp³-hybridized carbons (Fsp3) is 0.238. The lowest BCUT2D eigenvalue weighted by Gasteiger charge is -2.09. The highest BCUT2D eigenvalue weighted by Crippen LogP contribution is 2.36. The molecule has 0 aliphatic carbocycles. The molecule has 2 aromatic carbocycles. The Morgan fingerprint density at radius 2 is 1.82 bits per heavy atom. The standard InChI is InChI=1S/C21H18I2O5/c1-3-11(2)8-17(24)28-20-13-6-4-5-7-16(13)27-21(20)18(25)12-9-14(22)19(26)15(23)10-12/h4-7,9-11,26H,3,8H2,1-2H3/t11-/m1/s1. The molecule has 0 unspecified atom stereocenters. The average Bonchev–Trinajstić information content (AvgIpc) is 3.03. The summed E-state index contributed by atoms with van der Waals surface area (Å²) in [5, 5.41) is 10.5. The van der Waals surface area contributed by atoms with Crippen LogP contribution in [0.5, 0.6) is 11.5 Å². The van der Waals surface area contributed by atoms with Crippen LogP contribution < -0.4 is 4.74 Å². The van der Waals surface area contributed by atoms with Crippen molar-refractivity contribution in [3.05, 3.63) is 54.9 Å². The largest absolute Gasteiger partial charge is 0.506 e. The monoisotopic (exact) mass is 604 g/mol. The predicted molar refractivity (Wildman–Crippen MR) is 123 cm³/mol. The summed E-state index contributed by atoms with van der Waals surface area (Å²) in [4.78, 5) is 25.5. The Kier molecular flexibility index (Phi) is 6.64. The van der Waals surface area contributed by atoms with Gasteiger partial charge in [-0.15, -0.1) is 0 Å². The van der Waals surface area contributed by atoms with Gasteiger partial charge < -0.3 is 14.3 Å². The first-order valence-electron chi connectivity index (χ1n) is 8.76. The van der Waals surface area contributed by atoms with Crippen LogP contribution in [0, 0.1) is 13.1 Å². The lowest BCUT2D eigenvalue weighted by Crippen LogP contribution is -2.14. The molecular weight excluding hydrogens is 586 g/mol. The van der Waals surface area contributed by atoms with Gasteiger partial charge in [-0.2, -0.15) is 0 Å². The van der Waals surface area contributed by atoms with Crippen LogP contribution in [0.4, 0.5) is 0 Å². The summed E-state index contributed by atoms with van der Waals surface area (Å²) >= 11 is 3.93. The Balaban J connectivity index is 2.05. The number of halogens is 2. The zero-order valence-corrected chi connectivity index (χ0v) is 19.6. The maximum atomic E-state index is 13.1. The summed E-state index contributed by atoms with van der Waals surface area (Å²) < 4.78 is 12.5.